The lowest BCUT2D eigenvalue weighted by molar-refractivity contribution is -0.134. The van der Waals surface area contributed by atoms with Gasteiger partial charge in [0.05, 0.1) is 12.1 Å². The second-order valence-corrected chi connectivity index (χ2v) is 9.63. The van der Waals surface area contributed by atoms with Gasteiger partial charge in [0.25, 0.3) is 0 Å². The van der Waals surface area contributed by atoms with E-state index in [0.717, 1.165) is 25.7 Å². The van der Waals surface area contributed by atoms with Gasteiger partial charge in [-0.3, -0.25) is 9.59 Å². The fraction of sp³-hybridized carbons (Fsp3) is 0.870. The fourth-order valence-corrected chi connectivity index (χ4v) is 3.63. The molecular formula is C23H46N4O3. The molecule has 0 aliphatic rings. The summed E-state index contributed by atoms with van der Waals surface area (Å²) in [5.41, 5.74) is 4.46. The van der Waals surface area contributed by atoms with Crippen LogP contribution < -0.4 is 21.7 Å². The van der Waals surface area contributed by atoms with E-state index >= 15 is 0 Å². The molecule has 0 bridgehead atoms. The van der Waals surface area contributed by atoms with Crippen LogP contribution in [0.1, 0.15) is 93.9 Å². The first-order valence-electron chi connectivity index (χ1n) is 11.5. The molecule has 30 heavy (non-hydrogen) atoms. The van der Waals surface area contributed by atoms with E-state index in [1.807, 2.05) is 27.7 Å². The summed E-state index contributed by atoms with van der Waals surface area (Å²) in [5, 5.41) is 9.10. The molecule has 0 saturated carbocycles. The van der Waals surface area contributed by atoms with Crippen LogP contribution in [0.2, 0.25) is 0 Å². The highest BCUT2D eigenvalue weighted by Gasteiger charge is 2.36. The van der Waals surface area contributed by atoms with Crippen LogP contribution in [0.25, 0.3) is 0 Å². The van der Waals surface area contributed by atoms with Crippen molar-refractivity contribution in [2.75, 3.05) is 6.54 Å². The van der Waals surface area contributed by atoms with Crippen LogP contribution in [0.4, 0.5) is 4.79 Å². The minimum absolute atomic E-state index is 0.0352. The van der Waals surface area contributed by atoms with Gasteiger partial charge in [-0.05, 0) is 44.9 Å². The van der Waals surface area contributed by atoms with Crippen molar-refractivity contribution in [2.24, 2.45) is 17.1 Å². The average Bonchev–Trinajstić information content (AvgIpc) is 2.67. The van der Waals surface area contributed by atoms with Crippen molar-refractivity contribution in [3.63, 3.8) is 0 Å². The van der Waals surface area contributed by atoms with Crippen molar-refractivity contribution in [3.8, 4) is 0 Å². The van der Waals surface area contributed by atoms with Crippen LogP contribution in [-0.2, 0) is 9.59 Å². The predicted octanol–water partition coefficient (Wildman–Crippen LogP) is 3.51. The van der Waals surface area contributed by atoms with Crippen molar-refractivity contribution < 1.29 is 14.4 Å². The molecule has 0 heterocycles. The highest BCUT2D eigenvalue weighted by atomic mass is 16.2. The number of urea groups is 1. The van der Waals surface area contributed by atoms with Gasteiger partial charge in [0, 0.05) is 17.5 Å². The number of hydrogen-bond donors (Lipinski definition) is 4. The Bertz CT molecular complexity index is 557. The summed E-state index contributed by atoms with van der Waals surface area (Å²) in [5.74, 6) is -0.0296. The molecule has 7 heteroatoms. The topological polar surface area (TPSA) is 113 Å². The Balaban J connectivity index is 5.47. The first-order chi connectivity index (χ1) is 13.8. The van der Waals surface area contributed by atoms with E-state index in [1.165, 1.54) is 0 Å². The zero-order chi connectivity index (χ0) is 23.5. The van der Waals surface area contributed by atoms with E-state index < -0.39 is 17.5 Å². The van der Waals surface area contributed by atoms with Gasteiger partial charge >= 0.3 is 6.03 Å². The molecular weight excluding hydrogens is 380 g/mol. The van der Waals surface area contributed by atoms with Crippen LogP contribution >= 0.6 is 0 Å². The lowest BCUT2D eigenvalue weighted by Gasteiger charge is -2.36. The van der Waals surface area contributed by atoms with Gasteiger partial charge in [0.1, 0.15) is 0 Å². The minimum atomic E-state index is -0.591. The van der Waals surface area contributed by atoms with Crippen LogP contribution in [-0.4, -0.2) is 41.9 Å². The maximum atomic E-state index is 13.3. The number of Topliss-reactive ketones (excluding diaryl/α,β-unsaturated/α-hetero) is 1. The molecule has 176 valence electrons. The highest BCUT2D eigenvalue weighted by Crippen LogP contribution is 2.26. The summed E-state index contributed by atoms with van der Waals surface area (Å²) < 4.78 is 0. The Morgan fingerprint density at radius 2 is 1.57 bits per heavy atom. The number of ketones is 1. The van der Waals surface area contributed by atoms with Gasteiger partial charge in [-0.2, -0.15) is 0 Å². The average molecular weight is 427 g/mol. The van der Waals surface area contributed by atoms with Crippen LogP contribution in [0.5, 0.6) is 0 Å². The molecule has 0 aromatic rings. The highest BCUT2D eigenvalue weighted by molar-refractivity contribution is 5.94. The smallest absolute Gasteiger partial charge is 0.312 e. The number of rotatable bonds is 15. The monoisotopic (exact) mass is 426 g/mol. The third kappa shape index (κ3) is 9.45. The summed E-state index contributed by atoms with van der Waals surface area (Å²) in [6.07, 6.45) is 4.48. The van der Waals surface area contributed by atoms with Crippen LogP contribution in [0, 0.1) is 11.3 Å². The molecule has 0 rings (SSSR count). The summed E-state index contributed by atoms with van der Waals surface area (Å²) in [6, 6.07) is -1.56. The van der Waals surface area contributed by atoms with E-state index in [4.69, 9.17) is 5.73 Å². The van der Waals surface area contributed by atoms with Crippen molar-refractivity contribution in [1.82, 2.24) is 16.0 Å². The molecule has 0 aromatic heterocycles. The summed E-state index contributed by atoms with van der Waals surface area (Å²) in [7, 11) is 0. The van der Waals surface area contributed by atoms with Crippen LogP contribution in [0.3, 0.4) is 0 Å². The first-order valence-corrected chi connectivity index (χ1v) is 11.5. The number of hydrogen-bond acceptors (Lipinski definition) is 4. The first kappa shape index (κ1) is 28.4. The molecule has 2 atom stereocenters. The number of amides is 3. The zero-order valence-electron chi connectivity index (χ0n) is 20.5. The number of carbonyl (C=O) groups is 3. The van der Waals surface area contributed by atoms with Crippen molar-refractivity contribution >= 4 is 17.7 Å². The molecule has 0 fully saturated rings. The molecule has 0 spiro atoms. The molecule has 5 N–H and O–H groups in total. The lowest BCUT2D eigenvalue weighted by Crippen LogP contribution is -2.59. The maximum absolute atomic E-state index is 13.3. The van der Waals surface area contributed by atoms with E-state index in [2.05, 4.69) is 43.6 Å². The Morgan fingerprint density at radius 3 is 2.00 bits per heavy atom. The Kier molecular flexibility index (Phi) is 12.2. The van der Waals surface area contributed by atoms with E-state index in [0.29, 0.717) is 19.4 Å². The van der Waals surface area contributed by atoms with Crippen molar-refractivity contribution in [1.29, 1.82) is 0 Å². The van der Waals surface area contributed by atoms with Gasteiger partial charge in [-0.15, -0.1) is 0 Å². The Morgan fingerprint density at radius 1 is 1.00 bits per heavy atom. The third-order valence-corrected chi connectivity index (χ3v) is 6.16. The number of primary amides is 1. The molecule has 0 radical (unpaired) electrons. The number of carbonyl (C=O) groups excluding carboxylic acids is 3. The second-order valence-electron chi connectivity index (χ2n) is 9.63. The standard InChI is InChI=1S/C23H46N4O3/c1-9-14-22(6,7)19(28)17(13-12-15-25-21(24)30)26-20(29)18(16(4)5)27-23(8,10-2)11-3/h16-18,27H,9-15H2,1-8H3,(H,26,29)(H3,24,25,30). The van der Waals surface area contributed by atoms with Gasteiger partial charge in [-0.1, -0.05) is 54.9 Å². The maximum Gasteiger partial charge on any atom is 0.312 e. The SMILES string of the molecule is CCCC(C)(C)C(=O)C(CCCNC(N)=O)NC(=O)C(NC(C)(CC)CC)C(C)C. The summed E-state index contributed by atoms with van der Waals surface area (Å²) >= 11 is 0. The van der Waals surface area contributed by atoms with Gasteiger partial charge in [0.2, 0.25) is 5.91 Å². The van der Waals surface area contributed by atoms with Gasteiger partial charge < -0.3 is 21.7 Å². The normalized spacial score (nSPS) is 14.3. The quantitative estimate of drug-likeness (QED) is 0.300. The van der Waals surface area contributed by atoms with Crippen molar-refractivity contribution in [3.05, 3.63) is 0 Å². The lowest BCUT2D eigenvalue weighted by atomic mass is 9.79. The molecule has 0 aliphatic carbocycles. The third-order valence-electron chi connectivity index (χ3n) is 6.16. The number of nitrogens with two attached hydrogens (primary N) is 1. The van der Waals surface area contributed by atoms with E-state index in [9.17, 15) is 14.4 Å². The summed E-state index contributed by atoms with van der Waals surface area (Å²) in [6.45, 7) is 16.7. The molecule has 3 amide bonds. The number of nitrogens with one attached hydrogen (secondary N) is 3. The minimum Gasteiger partial charge on any atom is -0.352 e. The van der Waals surface area contributed by atoms with Gasteiger partial charge in [0.15, 0.2) is 5.78 Å². The van der Waals surface area contributed by atoms with Crippen molar-refractivity contribution in [2.45, 2.75) is 112 Å². The predicted molar refractivity (Wildman–Crippen MR) is 123 cm³/mol. The molecule has 0 saturated heterocycles. The Hall–Kier alpha value is -1.63. The molecule has 7 nitrogen and oxygen atoms in total. The molecule has 0 aliphatic heterocycles. The van der Waals surface area contributed by atoms with Crippen LogP contribution in [0.15, 0.2) is 0 Å². The second kappa shape index (κ2) is 12.9. The molecule has 0 aromatic carbocycles. The van der Waals surface area contributed by atoms with E-state index in [1.54, 1.807) is 0 Å². The fourth-order valence-electron chi connectivity index (χ4n) is 3.63. The summed E-state index contributed by atoms with van der Waals surface area (Å²) in [4.78, 5) is 37.4. The van der Waals surface area contributed by atoms with Gasteiger partial charge in [-0.25, -0.2) is 4.79 Å². The van der Waals surface area contributed by atoms with E-state index in [-0.39, 0.29) is 29.2 Å². The zero-order valence-corrected chi connectivity index (χ0v) is 20.5. The largest absolute Gasteiger partial charge is 0.352 e. The molecule has 2 unspecified atom stereocenters. The Labute approximate surface area is 183 Å².